The molecule has 0 unspecified atom stereocenters. The molecule has 5 heteroatoms. The molecule has 1 N–H and O–H groups in total. The van der Waals surface area contributed by atoms with Gasteiger partial charge in [-0.3, -0.25) is 4.79 Å². The second-order valence-electron chi connectivity index (χ2n) is 6.89. The summed E-state index contributed by atoms with van der Waals surface area (Å²) in [4.78, 5) is 16.8. The number of carbonyl (C=O) groups excluding carboxylic acids is 1. The Bertz CT molecular complexity index is 847. The number of hydrogen-bond acceptors (Lipinski definition) is 3. The van der Waals surface area contributed by atoms with E-state index in [1.165, 1.54) is 5.56 Å². The molecule has 5 nitrogen and oxygen atoms in total. The highest BCUT2D eigenvalue weighted by molar-refractivity contribution is 5.92. The number of rotatable bonds is 4. The van der Waals surface area contributed by atoms with Crippen LogP contribution in [0.3, 0.4) is 0 Å². The van der Waals surface area contributed by atoms with Gasteiger partial charge in [-0.2, -0.15) is 5.10 Å². The Morgan fingerprint density at radius 1 is 1.12 bits per heavy atom. The van der Waals surface area contributed by atoms with Crippen LogP contribution in [0, 0.1) is 0 Å². The summed E-state index contributed by atoms with van der Waals surface area (Å²) in [5.41, 5.74) is 3.25. The molecule has 0 saturated heterocycles. The van der Waals surface area contributed by atoms with Gasteiger partial charge in [0.05, 0.1) is 11.9 Å². The highest BCUT2D eigenvalue weighted by Crippen LogP contribution is 2.21. The van der Waals surface area contributed by atoms with Crippen LogP contribution in [0.15, 0.2) is 48.7 Å². The number of nitrogens with one attached hydrogen (secondary N) is 1. The molecule has 1 amide bonds. The van der Waals surface area contributed by atoms with Gasteiger partial charge >= 0.3 is 0 Å². The Morgan fingerprint density at radius 2 is 1.88 bits per heavy atom. The molecule has 0 aliphatic carbocycles. The quantitative estimate of drug-likeness (QED) is 0.803. The van der Waals surface area contributed by atoms with Crippen LogP contribution in [-0.2, 0) is 11.8 Å². The first-order valence-corrected chi connectivity index (χ1v) is 8.12. The van der Waals surface area contributed by atoms with Gasteiger partial charge in [0, 0.05) is 12.0 Å². The molecule has 24 heavy (non-hydrogen) atoms. The maximum atomic E-state index is 12.3. The first kappa shape index (κ1) is 16.2. The van der Waals surface area contributed by atoms with Crippen molar-refractivity contribution in [2.75, 3.05) is 6.54 Å². The van der Waals surface area contributed by atoms with Crippen molar-refractivity contribution in [2.24, 2.45) is 0 Å². The molecule has 0 fully saturated rings. The van der Waals surface area contributed by atoms with Crippen LogP contribution in [0.5, 0.6) is 0 Å². The predicted molar refractivity (Wildman–Crippen MR) is 94.2 cm³/mol. The maximum Gasteiger partial charge on any atom is 0.271 e. The minimum absolute atomic E-state index is 0.0498. The lowest BCUT2D eigenvalue weighted by atomic mass is 9.93. The third kappa shape index (κ3) is 3.62. The van der Waals surface area contributed by atoms with Crippen LogP contribution in [-0.4, -0.2) is 27.0 Å². The number of nitrogens with zero attached hydrogens (tertiary/aromatic N) is 3. The van der Waals surface area contributed by atoms with E-state index in [0.29, 0.717) is 12.2 Å². The Balaban J connectivity index is 1.68. The lowest BCUT2D eigenvalue weighted by molar-refractivity contribution is 0.0948. The Kier molecular flexibility index (Phi) is 4.34. The Hall–Kier alpha value is -2.69. The van der Waals surface area contributed by atoms with Crippen LogP contribution in [0.1, 0.15) is 42.5 Å². The van der Waals surface area contributed by atoms with E-state index in [1.807, 2.05) is 30.5 Å². The molecule has 0 bridgehead atoms. The first-order valence-electron chi connectivity index (χ1n) is 8.12. The van der Waals surface area contributed by atoms with Gasteiger partial charge in [0.25, 0.3) is 5.91 Å². The van der Waals surface area contributed by atoms with Crippen LogP contribution >= 0.6 is 0 Å². The summed E-state index contributed by atoms with van der Waals surface area (Å²) in [5.74, 6) is -0.168. The van der Waals surface area contributed by atoms with Crippen molar-refractivity contribution < 1.29 is 4.79 Å². The van der Waals surface area contributed by atoms with Gasteiger partial charge in [-0.25, -0.2) is 9.50 Å². The molecule has 2 heterocycles. The van der Waals surface area contributed by atoms with Crippen LogP contribution < -0.4 is 5.32 Å². The van der Waals surface area contributed by atoms with Crippen molar-refractivity contribution in [2.45, 2.75) is 32.6 Å². The van der Waals surface area contributed by atoms with E-state index in [0.717, 1.165) is 17.8 Å². The summed E-state index contributed by atoms with van der Waals surface area (Å²) in [6.45, 7) is 6.89. The standard InChI is InChI=1S/C19H22N4O/c1-19(2,3)16-13-23-17(21-16)10-9-15(22-23)18(24)20-12-11-14-7-5-4-6-8-14/h4-10,13H,11-12H2,1-3H3,(H,20,24). The molecule has 2 aromatic heterocycles. The van der Waals surface area contributed by atoms with E-state index in [1.54, 1.807) is 10.6 Å². The van der Waals surface area contributed by atoms with Gasteiger partial charge in [0.1, 0.15) is 5.69 Å². The third-order valence-electron chi connectivity index (χ3n) is 3.86. The second kappa shape index (κ2) is 6.43. The van der Waals surface area contributed by atoms with Gasteiger partial charge in [0.15, 0.2) is 5.65 Å². The molecule has 0 saturated carbocycles. The van der Waals surface area contributed by atoms with Crippen LogP contribution in [0.2, 0.25) is 0 Å². The number of benzene rings is 1. The number of hydrogen-bond donors (Lipinski definition) is 1. The number of aromatic nitrogens is 3. The topological polar surface area (TPSA) is 59.3 Å². The maximum absolute atomic E-state index is 12.3. The van der Waals surface area contributed by atoms with Crippen LogP contribution in [0.25, 0.3) is 5.65 Å². The largest absolute Gasteiger partial charge is 0.350 e. The number of imidazole rings is 1. The average Bonchev–Trinajstić information content (AvgIpc) is 2.99. The van der Waals surface area contributed by atoms with Crippen molar-refractivity contribution in [1.82, 2.24) is 19.9 Å². The SMILES string of the molecule is CC(C)(C)c1cn2nc(C(=O)NCCc3ccccc3)ccc2n1. The van der Waals surface area contributed by atoms with Crippen molar-refractivity contribution in [3.8, 4) is 0 Å². The summed E-state index contributed by atoms with van der Waals surface area (Å²) < 4.78 is 1.67. The molecule has 1 aromatic carbocycles. The number of amides is 1. The van der Waals surface area contributed by atoms with E-state index in [2.05, 4.69) is 48.3 Å². The molecular weight excluding hydrogens is 300 g/mol. The highest BCUT2D eigenvalue weighted by Gasteiger charge is 2.18. The predicted octanol–water partition coefficient (Wildman–Crippen LogP) is 3.00. The monoisotopic (exact) mass is 322 g/mol. The lowest BCUT2D eigenvalue weighted by Crippen LogP contribution is -2.27. The average molecular weight is 322 g/mol. The number of fused-ring (bicyclic) bond motifs is 1. The summed E-state index contributed by atoms with van der Waals surface area (Å²) in [6, 6.07) is 13.6. The first-order chi connectivity index (χ1) is 11.4. The Morgan fingerprint density at radius 3 is 2.58 bits per heavy atom. The summed E-state index contributed by atoms with van der Waals surface area (Å²) in [6.07, 6.45) is 2.68. The molecule has 3 rings (SSSR count). The highest BCUT2D eigenvalue weighted by atomic mass is 16.1. The van der Waals surface area contributed by atoms with Gasteiger partial charge in [-0.05, 0) is 24.1 Å². The van der Waals surface area contributed by atoms with E-state index in [9.17, 15) is 4.79 Å². The number of carbonyl (C=O) groups is 1. The zero-order valence-electron chi connectivity index (χ0n) is 14.3. The normalized spacial score (nSPS) is 11.6. The van der Waals surface area contributed by atoms with E-state index < -0.39 is 0 Å². The van der Waals surface area contributed by atoms with Crippen LogP contribution in [0.4, 0.5) is 0 Å². The zero-order chi connectivity index (χ0) is 17.2. The third-order valence-corrected chi connectivity index (χ3v) is 3.86. The molecule has 124 valence electrons. The lowest BCUT2D eigenvalue weighted by Gasteiger charge is -2.13. The smallest absolute Gasteiger partial charge is 0.271 e. The molecule has 0 radical (unpaired) electrons. The Labute approximate surface area is 141 Å². The van der Waals surface area contributed by atoms with Crippen molar-refractivity contribution >= 4 is 11.6 Å². The summed E-state index contributed by atoms with van der Waals surface area (Å²) in [7, 11) is 0. The van der Waals surface area contributed by atoms with Gasteiger partial charge < -0.3 is 5.32 Å². The molecule has 0 atom stereocenters. The molecule has 0 aliphatic rings. The van der Waals surface area contributed by atoms with Gasteiger partial charge in [-0.1, -0.05) is 51.1 Å². The molecular formula is C19H22N4O. The minimum Gasteiger partial charge on any atom is -0.350 e. The van der Waals surface area contributed by atoms with E-state index in [4.69, 9.17) is 0 Å². The molecule has 0 spiro atoms. The zero-order valence-corrected chi connectivity index (χ0v) is 14.3. The van der Waals surface area contributed by atoms with E-state index in [-0.39, 0.29) is 11.3 Å². The van der Waals surface area contributed by atoms with Gasteiger partial charge in [-0.15, -0.1) is 0 Å². The minimum atomic E-state index is -0.168. The fourth-order valence-corrected chi connectivity index (χ4v) is 2.42. The molecule has 3 aromatic rings. The fraction of sp³-hybridized carbons (Fsp3) is 0.316. The summed E-state index contributed by atoms with van der Waals surface area (Å²) in [5, 5.41) is 7.29. The second-order valence-corrected chi connectivity index (χ2v) is 6.89. The molecule has 0 aliphatic heterocycles. The van der Waals surface area contributed by atoms with Crippen molar-refractivity contribution in [3.63, 3.8) is 0 Å². The van der Waals surface area contributed by atoms with Crippen molar-refractivity contribution in [3.05, 3.63) is 65.6 Å². The summed E-state index contributed by atoms with van der Waals surface area (Å²) >= 11 is 0. The van der Waals surface area contributed by atoms with Gasteiger partial charge in [0.2, 0.25) is 0 Å². The van der Waals surface area contributed by atoms with E-state index >= 15 is 0 Å². The van der Waals surface area contributed by atoms with Crippen molar-refractivity contribution in [1.29, 1.82) is 0 Å². The fourth-order valence-electron chi connectivity index (χ4n) is 2.42.